The summed E-state index contributed by atoms with van der Waals surface area (Å²) in [5.74, 6) is 0.175. The number of aryl methyl sites for hydroxylation is 2. The first kappa shape index (κ1) is 16.3. The van der Waals surface area contributed by atoms with E-state index in [0.717, 1.165) is 11.1 Å². The number of aromatic nitrogens is 1. The molecule has 0 unspecified atom stereocenters. The van der Waals surface area contributed by atoms with E-state index in [1.807, 2.05) is 71.1 Å². The van der Waals surface area contributed by atoms with Crippen LogP contribution < -0.4 is 0 Å². The molecule has 0 saturated carbocycles. The van der Waals surface area contributed by atoms with Gasteiger partial charge in [-0.15, -0.1) is 0 Å². The Bertz CT molecular complexity index is 725. The second-order valence-electron chi connectivity index (χ2n) is 6.40. The number of hydrogen-bond donors (Lipinski definition) is 0. The zero-order valence-electron chi connectivity index (χ0n) is 14.2. The average Bonchev–Trinajstić information content (AvgIpc) is 3.00. The monoisotopic (exact) mass is 325 g/mol. The summed E-state index contributed by atoms with van der Waals surface area (Å²) in [6, 6.07) is 9.60. The Balaban J connectivity index is 1.54. The van der Waals surface area contributed by atoms with Crippen LogP contribution in [0.4, 0.5) is 0 Å². The number of amides is 2. The highest BCUT2D eigenvalue weighted by Crippen LogP contribution is 2.11. The number of piperazine rings is 1. The summed E-state index contributed by atoms with van der Waals surface area (Å²) in [6.07, 6.45) is 4.34. The zero-order valence-corrected chi connectivity index (χ0v) is 14.2. The first-order valence-corrected chi connectivity index (χ1v) is 8.27. The molecule has 126 valence electrons. The van der Waals surface area contributed by atoms with E-state index in [9.17, 15) is 9.59 Å². The van der Waals surface area contributed by atoms with Gasteiger partial charge >= 0.3 is 0 Å². The fourth-order valence-corrected chi connectivity index (χ4v) is 2.99. The molecule has 0 atom stereocenters. The molecule has 0 aliphatic carbocycles. The zero-order chi connectivity index (χ0) is 17.1. The Morgan fingerprint density at radius 3 is 2.17 bits per heavy atom. The summed E-state index contributed by atoms with van der Waals surface area (Å²) in [5, 5.41) is 0. The third-order valence-electron chi connectivity index (χ3n) is 4.47. The Labute approximate surface area is 142 Å². The third kappa shape index (κ3) is 3.67. The van der Waals surface area contributed by atoms with E-state index in [1.165, 1.54) is 0 Å². The van der Waals surface area contributed by atoms with Gasteiger partial charge in [0, 0.05) is 51.2 Å². The van der Waals surface area contributed by atoms with Gasteiger partial charge in [-0.2, -0.15) is 0 Å². The number of carbonyl (C=O) groups excluding carboxylic acids is 2. The van der Waals surface area contributed by atoms with Gasteiger partial charge in [0.15, 0.2) is 0 Å². The molecule has 1 saturated heterocycles. The summed E-state index contributed by atoms with van der Waals surface area (Å²) < 4.78 is 1.95. The van der Waals surface area contributed by atoms with Crippen LogP contribution in [-0.4, -0.2) is 52.4 Å². The van der Waals surface area contributed by atoms with Gasteiger partial charge in [0.2, 0.25) is 5.91 Å². The van der Waals surface area contributed by atoms with E-state index in [1.54, 1.807) is 0 Å². The second-order valence-corrected chi connectivity index (χ2v) is 6.40. The molecular weight excluding hydrogens is 302 g/mol. The van der Waals surface area contributed by atoms with Gasteiger partial charge in [-0.05, 0) is 30.7 Å². The number of carbonyl (C=O) groups is 2. The van der Waals surface area contributed by atoms with Crippen molar-refractivity contribution in [1.82, 2.24) is 14.4 Å². The summed E-state index contributed by atoms with van der Waals surface area (Å²) in [4.78, 5) is 28.6. The highest BCUT2D eigenvalue weighted by atomic mass is 16.2. The molecule has 2 heterocycles. The molecule has 1 fully saturated rings. The van der Waals surface area contributed by atoms with Gasteiger partial charge in [0.25, 0.3) is 5.91 Å². The van der Waals surface area contributed by atoms with Gasteiger partial charge in [-0.1, -0.05) is 17.7 Å². The van der Waals surface area contributed by atoms with Crippen molar-refractivity contribution in [2.45, 2.75) is 13.3 Å². The fourth-order valence-electron chi connectivity index (χ4n) is 2.99. The maximum Gasteiger partial charge on any atom is 0.253 e. The predicted molar refractivity (Wildman–Crippen MR) is 92.8 cm³/mol. The lowest BCUT2D eigenvalue weighted by molar-refractivity contribution is -0.131. The predicted octanol–water partition coefficient (Wildman–Crippen LogP) is 1.86. The Morgan fingerprint density at radius 1 is 0.958 bits per heavy atom. The standard InChI is InChI=1S/C19H23N3O2/c1-15-3-5-17(6-4-15)19(24)22-11-9-21(10-12-22)18(23)13-16-7-8-20(2)14-16/h3-8,14H,9-13H2,1-2H3. The van der Waals surface area contributed by atoms with Crippen LogP contribution in [-0.2, 0) is 18.3 Å². The molecule has 0 radical (unpaired) electrons. The summed E-state index contributed by atoms with van der Waals surface area (Å²) in [5.41, 5.74) is 2.88. The minimum Gasteiger partial charge on any atom is -0.357 e. The molecule has 2 aromatic rings. The van der Waals surface area contributed by atoms with Crippen LogP contribution in [0, 0.1) is 6.92 Å². The van der Waals surface area contributed by atoms with Crippen molar-refractivity contribution in [3.05, 3.63) is 59.4 Å². The number of benzene rings is 1. The van der Waals surface area contributed by atoms with Gasteiger partial charge < -0.3 is 14.4 Å². The molecule has 24 heavy (non-hydrogen) atoms. The lowest BCUT2D eigenvalue weighted by Crippen LogP contribution is -2.51. The molecule has 1 aliphatic rings. The molecule has 0 spiro atoms. The molecule has 3 rings (SSSR count). The Hall–Kier alpha value is -2.56. The summed E-state index contributed by atoms with van der Waals surface area (Å²) >= 11 is 0. The number of nitrogens with zero attached hydrogens (tertiary/aromatic N) is 3. The van der Waals surface area contributed by atoms with Crippen molar-refractivity contribution in [2.24, 2.45) is 7.05 Å². The highest BCUT2D eigenvalue weighted by molar-refractivity contribution is 5.94. The first-order valence-electron chi connectivity index (χ1n) is 8.27. The van der Waals surface area contributed by atoms with Gasteiger partial charge in [0.1, 0.15) is 0 Å². The van der Waals surface area contributed by atoms with Crippen LogP contribution in [0.5, 0.6) is 0 Å². The maximum atomic E-state index is 12.5. The lowest BCUT2D eigenvalue weighted by atomic mass is 10.1. The van der Waals surface area contributed by atoms with Crippen molar-refractivity contribution in [3.63, 3.8) is 0 Å². The van der Waals surface area contributed by atoms with Crippen LogP contribution in [0.1, 0.15) is 21.5 Å². The topological polar surface area (TPSA) is 45.6 Å². The molecule has 5 heteroatoms. The van der Waals surface area contributed by atoms with Crippen molar-refractivity contribution in [1.29, 1.82) is 0 Å². The lowest BCUT2D eigenvalue weighted by Gasteiger charge is -2.35. The quantitative estimate of drug-likeness (QED) is 0.865. The molecule has 1 aromatic heterocycles. The maximum absolute atomic E-state index is 12.5. The molecule has 1 aliphatic heterocycles. The van der Waals surface area contributed by atoms with Crippen LogP contribution in [0.25, 0.3) is 0 Å². The molecule has 5 nitrogen and oxygen atoms in total. The average molecular weight is 325 g/mol. The molecule has 0 N–H and O–H groups in total. The molecule has 2 amide bonds. The normalized spacial score (nSPS) is 14.8. The smallest absolute Gasteiger partial charge is 0.253 e. The van der Waals surface area contributed by atoms with E-state index < -0.39 is 0 Å². The second kappa shape index (κ2) is 6.91. The van der Waals surface area contributed by atoms with E-state index >= 15 is 0 Å². The van der Waals surface area contributed by atoms with E-state index in [0.29, 0.717) is 38.2 Å². The van der Waals surface area contributed by atoms with Crippen molar-refractivity contribution < 1.29 is 9.59 Å². The van der Waals surface area contributed by atoms with Crippen LogP contribution in [0.2, 0.25) is 0 Å². The molecule has 1 aromatic carbocycles. The first-order chi connectivity index (χ1) is 11.5. The molecule has 0 bridgehead atoms. The van der Waals surface area contributed by atoms with Crippen LogP contribution in [0.15, 0.2) is 42.7 Å². The van der Waals surface area contributed by atoms with Crippen molar-refractivity contribution >= 4 is 11.8 Å². The van der Waals surface area contributed by atoms with E-state index in [4.69, 9.17) is 0 Å². The largest absolute Gasteiger partial charge is 0.357 e. The fraction of sp³-hybridized carbons (Fsp3) is 0.368. The van der Waals surface area contributed by atoms with Crippen molar-refractivity contribution in [3.8, 4) is 0 Å². The Morgan fingerprint density at radius 2 is 1.58 bits per heavy atom. The SMILES string of the molecule is Cc1ccc(C(=O)N2CCN(C(=O)Cc3ccn(C)c3)CC2)cc1. The van der Waals surface area contributed by atoms with Crippen molar-refractivity contribution in [2.75, 3.05) is 26.2 Å². The Kier molecular flexibility index (Phi) is 4.69. The third-order valence-corrected chi connectivity index (χ3v) is 4.47. The highest BCUT2D eigenvalue weighted by Gasteiger charge is 2.24. The van der Waals surface area contributed by atoms with E-state index in [2.05, 4.69) is 0 Å². The summed E-state index contributed by atoms with van der Waals surface area (Å²) in [7, 11) is 1.95. The van der Waals surface area contributed by atoms with E-state index in [-0.39, 0.29) is 11.8 Å². The minimum atomic E-state index is 0.0464. The van der Waals surface area contributed by atoms with Crippen LogP contribution in [0.3, 0.4) is 0 Å². The van der Waals surface area contributed by atoms with Gasteiger partial charge in [0.05, 0.1) is 6.42 Å². The van der Waals surface area contributed by atoms with Gasteiger partial charge in [-0.25, -0.2) is 0 Å². The summed E-state index contributed by atoms with van der Waals surface area (Å²) in [6.45, 7) is 4.39. The van der Waals surface area contributed by atoms with Gasteiger partial charge in [-0.3, -0.25) is 9.59 Å². The number of rotatable bonds is 3. The minimum absolute atomic E-state index is 0.0464. The van der Waals surface area contributed by atoms with Crippen LogP contribution >= 0.6 is 0 Å². The molecular formula is C19H23N3O2. The number of hydrogen-bond acceptors (Lipinski definition) is 2.